The minimum atomic E-state index is -0.539. The number of pyridine rings is 1. The van der Waals surface area contributed by atoms with Gasteiger partial charge in [0.15, 0.2) is 5.82 Å². The maximum atomic E-state index is 14.2. The van der Waals surface area contributed by atoms with E-state index in [0.717, 1.165) is 22.1 Å². The lowest BCUT2D eigenvalue weighted by atomic mass is 10.2. The highest BCUT2D eigenvalue weighted by molar-refractivity contribution is 5.92. The van der Waals surface area contributed by atoms with Crippen molar-refractivity contribution in [2.24, 2.45) is 0 Å². The molecule has 6 nitrogen and oxygen atoms in total. The van der Waals surface area contributed by atoms with E-state index in [0.29, 0.717) is 11.4 Å². The number of aromatic nitrogens is 5. The third-order valence-electron chi connectivity index (χ3n) is 3.33. The molecule has 0 saturated carbocycles. The lowest BCUT2D eigenvalue weighted by Gasteiger charge is -2.03. The summed E-state index contributed by atoms with van der Waals surface area (Å²) in [5.41, 5.74) is 3.55. The Morgan fingerprint density at radius 3 is 2.90 bits per heavy atom. The average Bonchev–Trinajstić information content (AvgIpc) is 3.10. The molecule has 0 aliphatic rings. The molecule has 0 saturated heterocycles. The van der Waals surface area contributed by atoms with E-state index in [9.17, 15) is 4.39 Å². The van der Waals surface area contributed by atoms with E-state index in [-0.39, 0.29) is 5.88 Å². The minimum absolute atomic E-state index is 0.0540. The van der Waals surface area contributed by atoms with Gasteiger partial charge in [0, 0.05) is 6.20 Å². The fourth-order valence-corrected chi connectivity index (χ4v) is 2.32. The fraction of sp³-hybridized carbons (Fsp3) is 0.0714. The lowest BCUT2D eigenvalue weighted by Crippen LogP contribution is -1.95. The molecule has 0 aliphatic carbocycles. The van der Waals surface area contributed by atoms with Gasteiger partial charge in [-0.3, -0.25) is 0 Å². The number of H-pyrrole nitrogens is 2. The second-order valence-electron chi connectivity index (χ2n) is 4.56. The lowest BCUT2D eigenvalue weighted by molar-refractivity contribution is 0.370. The molecule has 3 heterocycles. The van der Waals surface area contributed by atoms with E-state index >= 15 is 0 Å². The molecule has 4 rings (SSSR count). The van der Waals surface area contributed by atoms with Crippen molar-refractivity contribution in [1.29, 1.82) is 0 Å². The van der Waals surface area contributed by atoms with Crippen molar-refractivity contribution in [3.05, 3.63) is 36.5 Å². The molecule has 0 radical (unpaired) electrons. The third kappa shape index (κ3) is 1.74. The van der Waals surface area contributed by atoms with Gasteiger partial charge in [-0.05, 0) is 18.2 Å². The number of methoxy groups -OCH3 is 1. The van der Waals surface area contributed by atoms with E-state index in [1.807, 2.05) is 12.1 Å². The summed E-state index contributed by atoms with van der Waals surface area (Å²) < 4.78 is 19.1. The second-order valence-corrected chi connectivity index (χ2v) is 4.56. The fourth-order valence-electron chi connectivity index (χ4n) is 2.32. The number of aromatic amines is 2. The number of halogens is 1. The van der Waals surface area contributed by atoms with Crippen LogP contribution in [0.25, 0.3) is 33.5 Å². The molecule has 1 aromatic carbocycles. The molecule has 0 bridgehead atoms. The monoisotopic (exact) mass is 283 g/mol. The van der Waals surface area contributed by atoms with Crippen molar-refractivity contribution in [1.82, 2.24) is 24.9 Å². The Labute approximate surface area is 118 Å². The number of fused-ring (bicyclic) bond motifs is 2. The van der Waals surface area contributed by atoms with Crippen molar-refractivity contribution in [3.63, 3.8) is 0 Å². The Bertz CT molecular complexity index is 910. The quantitative estimate of drug-likeness (QED) is 0.592. The number of benzene rings is 1. The van der Waals surface area contributed by atoms with E-state index < -0.39 is 5.82 Å². The normalized spacial score (nSPS) is 11.3. The standard InChI is InChI=1S/C14H10FN5O/c1-21-14-12(15)7(2-3-16-14)13-19-10-4-8-9(18-6-17-8)5-11(10)20-13/h2-6H,1H3,(H,17,18)(H,19,20). The zero-order chi connectivity index (χ0) is 14.4. The first kappa shape index (κ1) is 11.8. The molecule has 0 spiro atoms. The number of imidazole rings is 2. The first-order chi connectivity index (χ1) is 10.3. The van der Waals surface area contributed by atoms with Gasteiger partial charge in [0.05, 0.1) is 41.1 Å². The Hall–Kier alpha value is -2.96. The molecule has 0 aliphatic heterocycles. The largest absolute Gasteiger partial charge is 0.479 e. The summed E-state index contributed by atoms with van der Waals surface area (Å²) in [5.74, 6) is -0.166. The molecule has 0 fully saturated rings. The summed E-state index contributed by atoms with van der Waals surface area (Å²) in [6, 6.07) is 5.29. The van der Waals surface area contributed by atoms with Crippen LogP contribution in [0, 0.1) is 5.82 Å². The zero-order valence-electron chi connectivity index (χ0n) is 11.0. The van der Waals surface area contributed by atoms with E-state index in [2.05, 4.69) is 24.9 Å². The van der Waals surface area contributed by atoms with Crippen LogP contribution in [-0.4, -0.2) is 32.0 Å². The summed E-state index contributed by atoms with van der Waals surface area (Å²) in [5, 5.41) is 0. The molecule has 0 amide bonds. The summed E-state index contributed by atoms with van der Waals surface area (Å²) in [6.45, 7) is 0. The Morgan fingerprint density at radius 1 is 1.14 bits per heavy atom. The van der Waals surface area contributed by atoms with Gasteiger partial charge in [-0.25, -0.2) is 19.3 Å². The summed E-state index contributed by atoms with van der Waals surface area (Å²) in [7, 11) is 1.38. The van der Waals surface area contributed by atoms with Crippen LogP contribution in [0.5, 0.6) is 5.88 Å². The van der Waals surface area contributed by atoms with Crippen molar-refractivity contribution in [2.45, 2.75) is 0 Å². The van der Waals surface area contributed by atoms with Crippen LogP contribution in [0.15, 0.2) is 30.7 Å². The van der Waals surface area contributed by atoms with Gasteiger partial charge in [-0.15, -0.1) is 0 Å². The van der Waals surface area contributed by atoms with Crippen molar-refractivity contribution >= 4 is 22.1 Å². The van der Waals surface area contributed by atoms with Crippen LogP contribution >= 0.6 is 0 Å². The molecule has 7 heteroatoms. The van der Waals surface area contributed by atoms with Crippen LogP contribution in [0.2, 0.25) is 0 Å². The molecule has 0 atom stereocenters. The third-order valence-corrected chi connectivity index (χ3v) is 3.33. The summed E-state index contributed by atoms with van der Waals surface area (Å²) in [6.07, 6.45) is 3.11. The van der Waals surface area contributed by atoms with Gasteiger partial charge in [-0.2, -0.15) is 0 Å². The number of nitrogens with one attached hydrogen (secondary N) is 2. The van der Waals surface area contributed by atoms with Crippen LogP contribution < -0.4 is 4.74 Å². The van der Waals surface area contributed by atoms with Gasteiger partial charge in [0.2, 0.25) is 0 Å². The average molecular weight is 283 g/mol. The zero-order valence-corrected chi connectivity index (χ0v) is 11.0. The molecule has 4 aromatic rings. The molecule has 21 heavy (non-hydrogen) atoms. The van der Waals surface area contributed by atoms with Gasteiger partial charge in [-0.1, -0.05) is 0 Å². The van der Waals surface area contributed by atoms with Crippen LogP contribution in [-0.2, 0) is 0 Å². The Morgan fingerprint density at radius 2 is 2.05 bits per heavy atom. The van der Waals surface area contributed by atoms with Crippen molar-refractivity contribution in [2.75, 3.05) is 7.11 Å². The highest BCUT2D eigenvalue weighted by Crippen LogP contribution is 2.28. The van der Waals surface area contributed by atoms with Crippen LogP contribution in [0.4, 0.5) is 4.39 Å². The first-order valence-electron chi connectivity index (χ1n) is 6.28. The topological polar surface area (TPSA) is 79.5 Å². The number of hydrogen-bond donors (Lipinski definition) is 2. The molecular formula is C14H10FN5O. The number of rotatable bonds is 2. The summed E-state index contributed by atoms with van der Waals surface area (Å²) >= 11 is 0. The van der Waals surface area contributed by atoms with Crippen LogP contribution in [0.3, 0.4) is 0 Å². The van der Waals surface area contributed by atoms with E-state index in [1.54, 1.807) is 12.4 Å². The predicted molar refractivity (Wildman–Crippen MR) is 75.5 cm³/mol. The Balaban J connectivity index is 1.94. The molecule has 3 aromatic heterocycles. The van der Waals surface area contributed by atoms with E-state index in [1.165, 1.54) is 13.3 Å². The van der Waals surface area contributed by atoms with Gasteiger partial charge in [0.25, 0.3) is 5.88 Å². The molecule has 0 unspecified atom stereocenters. The maximum Gasteiger partial charge on any atom is 0.250 e. The van der Waals surface area contributed by atoms with Gasteiger partial charge >= 0.3 is 0 Å². The van der Waals surface area contributed by atoms with Crippen molar-refractivity contribution < 1.29 is 9.13 Å². The minimum Gasteiger partial charge on any atom is -0.479 e. The highest BCUT2D eigenvalue weighted by atomic mass is 19.1. The SMILES string of the molecule is COc1nccc(-c2nc3cc4nc[nH]c4cc3[nH]2)c1F. The van der Waals surface area contributed by atoms with Gasteiger partial charge in [0.1, 0.15) is 5.82 Å². The smallest absolute Gasteiger partial charge is 0.250 e. The van der Waals surface area contributed by atoms with Crippen LogP contribution in [0.1, 0.15) is 0 Å². The highest BCUT2D eigenvalue weighted by Gasteiger charge is 2.15. The second kappa shape index (κ2) is 4.27. The Kier molecular flexibility index (Phi) is 2.41. The van der Waals surface area contributed by atoms with E-state index in [4.69, 9.17) is 4.74 Å². The molecule has 2 N–H and O–H groups in total. The van der Waals surface area contributed by atoms with Gasteiger partial charge < -0.3 is 14.7 Å². The molecule has 104 valence electrons. The molecular weight excluding hydrogens is 273 g/mol. The number of nitrogens with zero attached hydrogens (tertiary/aromatic N) is 3. The predicted octanol–water partition coefficient (Wildman–Crippen LogP) is 2.65. The summed E-state index contributed by atoms with van der Waals surface area (Å²) in [4.78, 5) is 18.5. The first-order valence-corrected chi connectivity index (χ1v) is 6.28. The number of ether oxygens (including phenoxy) is 1. The number of hydrogen-bond acceptors (Lipinski definition) is 4. The maximum absolute atomic E-state index is 14.2. The van der Waals surface area contributed by atoms with Crippen molar-refractivity contribution in [3.8, 4) is 17.3 Å².